The van der Waals surface area contributed by atoms with Gasteiger partial charge in [-0.2, -0.15) is 0 Å². The zero-order chi connectivity index (χ0) is 16.9. The molecule has 2 amide bonds. The summed E-state index contributed by atoms with van der Waals surface area (Å²) in [6.07, 6.45) is 6.00. The highest BCUT2D eigenvalue weighted by atomic mass is 32.2. The number of piperidine rings is 1. The summed E-state index contributed by atoms with van der Waals surface area (Å²) in [6, 6.07) is 0. The van der Waals surface area contributed by atoms with Crippen LogP contribution >= 0.6 is 0 Å². The minimum atomic E-state index is -3.16. The van der Waals surface area contributed by atoms with Crippen molar-refractivity contribution in [2.75, 3.05) is 39.0 Å². The van der Waals surface area contributed by atoms with Gasteiger partial charge in [0.1, 0.15) is 0 Å². The Morgan fingerprint density at radius 3 is 2.52 bits per heavy atom. The van der Waals surface area contributed by atoms with Gasteiger partial charge in [-0.1, -0.05) is 6.42 Å². The van der Waals surface area contributed by atoms with Crippen LogP contribution in [0.1, 0.15) is 38.5 Å². The van der Waals surface area contributed by atoms with Crippen molar-refractivity contribution in [3.8, 4) is 0 Å². The molecule has 0 aromatic rings. The molecule has 2 aliphatic rings. The van der Waals surface area contributed by atoms with Crippen LogP contribution in [0.15, 0.2) is 0 Å². The molecule has 23 heavy (non-hydrogen) atoms. The average Bonchev–Trinajstić information content (AvgIpc) is 2.71. The maximum absolute atomic E-state index is 12.2. The van der Waals surface area contributed by atoms with Crippen LogP contribution in [0, 0.1) is 5.92 Å². The Balaban J connectivity index is 1.70. The number of likely N-dealkylation sites (tertiary alicyclic amines) is 1. The SMILES string of the molecule is CS(=O)(=O)N1CCC(C(=O)NCCN2CCCCCC2=O)CC1. The molecule has 0 radical (unpaired) electrons. The van der Waals surface area contributed by atoms with Gasteiger partial charge in [0.05, 0.1) is 6.26 Å². The average molecular weight is 345 g/mol. The second kappa shape index (κ2) is 8.10. The standard InChI is InChI=1S/C15H27N3O4S/c1-23(21,22)18-10-6-13(7-11-18)15(20)16-8-12-17-9-4-2-3-5-14(17)19/h13H,2-12H2,1H3,(H,16,20). The summed E-state index contributed by atoms with van der Waals surface area (Å²) in [4.78, 5) is 25.9. The molecule has 0 spiro atoms. The number of carbonyl (C=O) groups excluding carboxylic acids is 2. The van der Waals surface area contributed by atoms with E-state index in [0.29, 0.717) is 45.4 Å². The normalized spacial score (nSPS) is 22.0. The Kier molecular flexibility index (Phi) is 6.41. The van der Waals surface area contributed by atoms with Crippen molar-refractivity contribution in [1.82, 2.24) is 14.5 Å². The Hall–Kier alpha value is -1.15. The molecule has 0 aliphatic carbocycles. The first-order valence-corrected chi connectivity index (χ1v) is 10.2. The highest BCUT2D eigenvalue weighted by Crippen LogP contribution is 2.19. The molecule has 2 heterocycles. The number of carbonyl (C=O) groups is 2. The van der Waals surface area contributed by atoms with Gasteiger partial charge in [-0.25, -0.2) is 12.7 Å². The van der Waals surface area contributed by atoms with Gasteiger partial charge in [0.15, 0.2) is 0 Å². The molecule has 0 aromatic carbocycles. The number of nitrogens with zero attached hydrogens (tertiary/aromatic N) is 2. The maximum Gasteiger partial charge on any atom is 0.223 e. The lowest BCUT2D eigenvalue weighted by atomic mass is 9.97. The second-order valence-corrected chi connectivity index (χ2v) is 8.40. The van der Waals surface area contributed by atoms with Crippen LogP contribution < -0.4 is 5.32 Å². The van der Waals surface area contributed by atoms with Gasteiger partial charge in [0.25, 0.3) is 0 Å². The summed E-state index contributed by atoms with van der Waals surface area (Å²) in [7, 11) is -3.16. The lowest BCUT2D eigenvalue weighted by Crippen LogP contribution is -2.44. The lowest BCUT2D eigenvalue weighted by molar-refractivity contribution is -0.131. The minimum Gasteiger partial charge on any atom is -0.354 e. The molecule has 132 valence electrons. The fraction of sp³-hybridized carbons (Fsp3) is 0.867. The van der Waals surface area contributed by atoms with Crippen molar-refractivity contribution in [1.29, 1.82) is 0 Å². The van der Waals surface area contributed by atoms with Crippen molar-refractivity contribution in [2.45, 2.75) is 38.5 Å². The molecule has 2 saturated heterocycles. The molecule has 0 unspecified atom stereocenters. The summed E-state index contributed by atoms with van der Waals surface area (Å²) in [5.74, 6) is 0.0199. The van der Waals surface area contributed by atoms with Crippen LogP contribution in [-0.2, 0) is 19.6 Å². The zero-order valence-electron chi connectivity index (χ0n) is 13.8. The van der Waals surface area contributed by atoms with E-state index in [9.17, 15) is 18.0 Å². The molecule has 0 saturated carbocycles. The van der Waals surface area contributed by atoms with Gasteiger partial charge in [0.2, 0.25) is 21.8 Å². The van der Waals surface area contributed by atoms with Gasteiger partial charge in [-0.3, -0.25) is 9.59 Å². The fourth-order valence-electron chi connectivity index (χ4n) is 3.18. The molecule has 2 rings (SSSR count). The van der Waals surface area contributed by atoms with Crippen LogP contribution in [0.25, 0.3) is 0 Å². The molecule has 8 heteroatoms. The molecule has 7 nitrogen and oxygen atoms in total. The number of rotatable bonds is 5. The van der Waals surface area contributed by atoms with E-state index in [0.717, 1.165) is 25.8 Å². The first-order valence-electron chi connectivity index (χ1n) is 8.38. The van der Waals surface area contributed by atoms with E-state index in [1.165, 1.54) is 10.6 Å². The summed E-state index contributed by atoms with van der Waals surface area (Å²) in [6.45, 7) is 2.62. The van der Waals surface area contributed by atoms with Crippen molar-refractivity contribution < 1.29 is 18.0 Å². The Morgan fingerprint density at radius 2 is 1.87 bits per heavy atom. The number of nitrogens with one attached hydrogen (secondary N) is 1. The first-order chi connectivity index (χ1) is 10.9. The summed E-state index contributed by atoms with van der Waals surface area (Å²) < 4.78 is 24.3. The third kappa shape index (κ3) is 5.46. The Morgan fingerprint density at radius 1 is 1.17 bits per heavy atom. The highest BCUT2D eigenvalue weighted by Gasteiger charge is 2.28. The summed E-state index contributed by atoms with van der Waals surface area (Å²) in [5.41, 5.74) is 0. The molecule has 1 N–H and O–H groups in total. The van der Waals surface area contributed by atoms with Crippen LogP contribution in [0.4, 0.5) is 0 Å². The maximum atomic E-state index is 12.2. The van der Waals surface area contributed by atoms with E-state index in [1.807, 2.05) is 4.90 Å². The molecule has 0 aromatic heterocycles. The highest BCUT2D eigenvalue weighted by molar-refractivity contribution is 7.88. The van der Waals surface area contributed by atoms with Crippen LogP contribution in [0.2, 0.25) is 0 Å². The van der Waals surface area contributed by atoms with Gasteiger partial charge in [-0.05, 0) is 25.7 Å². The third-order valence-corrected chi connectivity index (χ3v) is 5.95. The molecule has 2 fully saturated rings. The van der Waals surface area contributed by atoms with Crippen molar-refractivity contribution in [2.24, 2.45) is 5.92 Å². The molecule has 0 bridgehead atoms. The quantitative estimate of drug-likeness (QED) is 0.770. The van der Waals surface area contributed by atoms with Gasteiger partial charge < -0.3 is 10.2 Å². The van der Waals surface area contributed by atoms with Gasteiger partial charge in [-0.15, -0.1) is 0 Å². The second-order valence-electron chi connectivity index (χ2n) is 6.42. The van der Waals surface area contributed by atoms with E-state index in [-0.39, 0.29) is 17.7 Å². The van der Waals surface area contributed by atoms with Gasteiger partial charge in [0, 0.05) is 45.1 Å². The predicted octanol–water partition coefficient (Wildman–Crippen LogP) is 0.177. The van der Waals surface area contributed by atoms with E-state index in [4.69, 9.17) is 0 Å². The van der Waals surface area contributed by atoms with Crippen molar-refractivity contribution >= 4 is 21.8 Å². The van der Waals surface area contributed by atoms with Crippen LogP contribution in [-0.4, -0.2) is 68.4 Å². The smallest absolute Gasteiger partial charge is 0.223 e. The van der Waals surface area contributed by atoms with Gasteiger partial charge >= 0.3 is 0 Å². The molecule has 2 aliphatic heterocycles. The Labute approximate surface area is 138 Å². The largest absolute Gasteiger partial charge is 0.354 e. The molecule has 0 atom stereocenters. The topological polar surface area (TPSA) is 86.8 Å². The number of hydrogen-bond donors (Lipinski definition) is 1. The zero-order valence-corrected chi connectivity index (χ0v) is 14.6. The Bertz CT molecular complexity index is 527. The van der Waals surface area contributed by atoms with Crippen molar-refractivity contribution in [3.63, 3.8) is 0 Å². The number of sulfonamides is 1. The third-order valence-electron chi connectivity index (χ3n) is 4.65. The number of hydrogen-bond acceptors (Lipinski definition) is 4. The first kappa shape index (κ1) is 18.2. The van der Waals surface area contributed by atoms with Crippen LogP contribution in [0.5, 0.6) is 0 Å². The summed E-state index contributed by atoms with van der Waals surface area (Å²) >= 11 is 0. The molecular formula is C15H27N3O4S. The van der Waals surface area contributed by atoms with E-state index in [1.54, 1.807) is 0 Å². The monoisotopic (exact) mass is 345 g/mol. The molecular weight excluding hydrogens is 318 g/mol. The fourth-order valence-corrected chi connectivity index (χ4v) is 4.06. The van der Waals surface area contributed by atoms with Crippen molar-refractivity contribution in [3.05, 3.63) is 0 Å². The lowest BCUT2D eigenvalue weighted by Gasteiger charge is -2.29. The van der Waals surface area contributed by atoms with E-state index >= 15 is 0 Å². The summed E-state index contributed by atoms with van der Waals surface area (Å²) in [5, 5.41) is 2.89. The predicted molar refractivity (Wildman–Crippen MR) is 87.2 cm³/mol. The minimum absolute atomic E-state index is 0.0274. The van der Waals surface area contributed by atoms with E-state index < -0.39 is 10.0 Å². The number of amides is 2. The van der Waals surface area contributed by atoms with Crippen LogP contribution in [0.3, 0.4) is 0 Å². The van der Waals surface area contributed by atoms with E-state index in [2.05, 4.69) is 5.32 Å².